The normalized spacial score (nSPS) is 24.0. The standard InChI is InChI=1S/C12H21NO4/c1-3-8-17-9-10(14)13-7-5-6-12(13,4-2)11(15)16/h3-9H2,1-2H3,(H,15,16). The summed E-state index contributed by atoms with van der Waals surface area (Å²) in [5.41, 5.74) is -1.01. The Bertz CT molecular complexity index is 292. The molecule has 5 heteroatoms. The van der Waals surface area contributed by atoms with Gasteiger partial charge in [-0.3, -0.25) is 4.79 Å². The van der Waals surface area contributed by atoms with E-state index in [-0.39, 0.29) is 12.5 Å². The topological polar surface area (TPSA) is 66.8 Å². The zero-order valence-electron chi connectivity index (χ0n) is 10.6. The zero-order chi connectivity index (χ0) is 12.9. The number of carbonyl (C=O) groups is 2. The molecule has 0 aromatic heterocycles. The minimum absolute atomic E-state index is 0.0110. The first-order valence-corrected chi connectivity index (χ1v) is 6.20. The number of amides is 1. The Kier molecular flexibility index (Phi) is 4.93. The van der Waals surface area contributed by atoms with E-state index in [1.807, 2.05) is 13.8 Å². The van der Waals surface area contributed by atoms with Crippen molar-refractivity contribution in [1.82, 2.24) is 4.90 Å². The summed E-state index contributed by atoms with van der Waals surface area (Å²) in [7, 11) is 0. The maximum absolute atomic E-state index is 11.9. The second kappa shape index (κ2) is 6.00. The first-order chi connectivity index (χ1) is 8.08. The third kappa shape index (κ3) is 2.77. The van der Waals surface area contributed by atoms with Gasteiger partial charge in [0, 0.05) is 13.2 Å². The van der Waals surface area contributed by atoms with Crippen LogP contribution in [-0.2, 0) is 14.3 Å². The first-order valence-electron chi connectivity index (χ1n) is 6.20. The molecule has 5 nitrogen and oxygen atoms in total. The summed E-state index contributed by atoms with van der Waals surface area (Å²) in [5, 5.41) is 9.32. The Morgan fingerprint density at radius 2 is 2.12 bits per heavy atom. The molecule has 98 valence electrons. The molecule has 1 unspecified atom stereocenters. The van der Waals surface area contributed by atoms with Crippen LogP contribution in [0.15, 0.2) is 0 Å². The summed E-state index contributed by atoms with van der Waals surface area (Å²) in [6, 6.07) is 0. The van der Waals surface area contributed by atoms with E-state index >= 15 is 0 Å². The number of nitrogens with zero attached hydrogens (tertiary/aromatic N) is 1. The summed E-state index contributed by atoms with van der Waals surface area (Å²) >= 11 is 0. The van der Waals surface area contributed by atoms with E-state index in [9.17, 15) is 14.7 Å². The third-order valence-electron chi connectivity index (χ3n) is 3.35. The SMILES string of the molecule is CCCOCC(=O)N1CCCC1(CC)C(=O)O. The lowest BCUT2D eigenvalue weighted by molar-refractivity contribution is -0.158. The van der Waals surface area contributed by atoms with Crippen molar-refractivity contribution in [3.8, 4) is 0 Å². The van der Waals surface area contributed by atoms with Gasteiger partial charge in [0.25, 0.3) is 0 Å². The van der Waals surface area contributed by atoms with E-state index in [0.717, 1.165) is 12.8 Å². The van der Waals surface area contributed by atoms with E-state index in [1.54, 1.807) is 0 Å². The van der Waals surface area contributed by atoms with Gasteiger partial charge in [0.1, 0.15) is 12.1 Å². The smallest absolute Gasteiger partial charge is 0.329 e. The van der Waals surface area contributed by atoms with Crippen molar-refractivity contribution < 1.29 is 19.4 Å². The van der Waals surface area contributed by atoms with Gasteiger partial charge in [0.2, 0.25) is 5.91 Å². The highest BCUT2D eigenvalue weighted by molar-refractivity contribution is 5.88. The van der Waals surface area contributed by atoms with E-state index in [1.165, 1.54) is 4.90 Å². The van der Waals surface area contributed by atoms with Crippen molar-refractivity contribution in [3.63, 3.8) is 0 Å². The Morgan fingerprint density at radius 3 is 2.65 bits per heavy atom. The third-order valence-corrected chi connectivity index (χ3v) is 3.35. The molecule has 1 fully saturated rings. The lowest BCUT2D eigenvalue weighted by Crippen LogP contribution is -2.53. The molecule has 17 heavy (non-hydrogen) atoms. The molecule has 0 saturated carbocycles. The summed E-state index contributed by atoms with van der Waals surface area (Å²) in [5.74, 6) is -1.11. The molecule has 0 aliphatic carbocycles. The molecule has 0 bridgehead atoms. The molecular formula is C12H21NO4. The predicted molar refractivity (Wildman–Crippen MR) is 62.7 cm³/mol. The largest absolute Gasteiger partial charge is 0.479 e. The lowest BCUT2D eigenvalue weighted by atomic mass is 9.93. The highest BCUT2D eigenvalue weighted by atomic mass is 16.5. The van der Waals surface area contributed by atoms with E-state index < -0.39 is 11.5 Å². The number of hydrogen-bond donors (Lipinski definition) is 1. The van der Waals surface area contributed by atoms with E-state index in [2.05, 4.69) is 0 Å². The quantitative estimate of drug-likeness (QED) is 0.713. The van der Waals surface area contributed by atoms with Crippen LogP contribution in [0.2, 0.25) is 0 Å². The first kappa shape index (κ1) is 14.0. The molecule has 1 heterocycles. The summed E-state index contributed by atoms with van der Waals surface area (Å²) in [6.07, 6.45) is 2.59. The van der Waals surface area contributed by atoms with Crippen LogP contribution >= 0.6 is 0 Å². The van der Waals surface area contributed by atoms with Gasteiger partial charge < -0.3 is 14.7 Å². The number of aliphatic carboxylic acids is 1. The Labute approximate surface area is 102 Å². The van der Waals surface area contributed by atoms with Crippen molar-refractivity contribution >= 4 is 11.9 Å². The van der Waals surface area contributed by atoms with E-state index in [0.29, 0.717) is 26.0 Å². The molecular weight excluding hydrogens is 222 g/mol. The highest BCUT2D eigenvalue weighted by Crippen LogP contribution is 2.32. The Morgan fingerprint density at radius 1 is 1.41 bits per heavy atom. The molecule has 1 aliphatic rings. The zero-order valence-corrected chi connectivity index (χ0v) is 10.6. The van der Waals surface area contributed by atoms with Gasteiger partial charge in [-0.05, 0) is 25.7 Å². The monoisotopic (exact) mass is 243 g/mol. The fourth-order valence-electron chi connectivity index (χ4n) is 2.36. The number of carboxylic acid groups (broad SMARTS) is 1. The number of ether oxygens (including phenoxy) is 1. The van der Waals surface area contributed by atoms with Crippen molar-refractivity contribution in [3.05, 3.63) is 0 Å². The molecule has 1 amide bonds. The molecule has 1 atom stereocenters. The van der Waals surface area contributed by atoms with Gasteiger partial charge in [-0.25, -0.2) is 4.79 Å². The van der Waals surface area contributed by atoms with Gasteiger partial charge in [-0.2, -0.15) is 0 Å². The van der Waals surface area contributed by atoms with Crippen LogP contribution in [0.5, 0.6) is 0 Å². The molecule has 0 aromatic carbocycles. The van der Waals surface area contributed by atoms with Crippen LogP contribution in [0.25, 0.3) is 0 Å². The number of hydrogen-bond acceptors (Lipinski definition) is 3. The maximum Gasteiger partial charge on any atom is 0.329 e. The highest BCUT2D eigenvalue weighted by Gasteiger charge is 2.48. The lowest BCUT2D eigenvalue weighted by Gasteiger charge is -2.33. The van der Waals surface area contributed by atoms with Crippen LogP contribution in [0.3, 0.4) is 0 Å². The van der Waals surface area contributed by atoms with Crippen LogP contribution < -0.4 is 0 Å². The molecule has 1 N–H and O–H groups in total. The van der Waals surface area contributed by atoms with Crippen molar-refractivity contribution in [1.29, 1.82) is 0 Å². The van der Waals surface area contributed by atoms with Gasteiger partial charge >= 0.3 is 5.97 Å². The molecule has 0 spiro atoms. The molecule has 1 rings (SSSR count). The molecule has 0 aromatic rings. The van der Waals surface area contributed by atoms with Crippen molar-refractivity contribution in [2.24, 2.45) is 0 Å². The minimum atomic E-state index is -1.01. The van der Waals surface area contributed by atoms with Crippen LogP contribution in [0.1, 0.15) is 39.5 Å². The molecule has 1 saturated heterocycles. The van der Waals surface area contributed by atoms with Crippen molar-refractivity contribution in [2.75, 3.05) is 19.8 Å². The number of carbonyl (C=O) groups excluding carboxylic acids is 1. The minimum Gasteiger partial charge on any atom is -0.479 e. The van der Waals surface area contributed by atoms with Gasteiger partial charge in [-0.15, -0.1) is 0 Å². The number of carboxylic acids is 1. The van der Waals surface area contributed by atoms with Gasteiger partial charge in [0.15, 0.2) is 0 Å². The number of rotatable bonds is 6. The fourth-order valence-corrected chi connectivity index (χ4v) is 2.36. The van der Waals surface area contributed by atoms with Gasteiger partial charge in [0.05, 0.1) is 0 Å². The van der Waals surface area contributed by atoms with E-state index in [4.69, 9.17) is 4.74 Å². The maximum atomic E-state index is 11.9. The van der Waals surface area contributed by atoms with Crippen LogP contribution in [0.4, 0.5) is 0 Å². The second-order valence-electron chi connectivity index (χ2n) is 4.39. The average Bonchev–Trinajstić information content (AvgIpc) is 2.74. The summed E-state index contributed by atoms with van der Waals surface area (Å²) in [4.78, 5) is 24.8. The Balaban J connectivity index is 2.67. The Hall–Kier alpha value is -1.10. The van der Waals surface area contributed by atoms with Crippen LogP contribution in [0, 0.1) is 0 Å². The van der Waals surface area contributed by atoms with Crippen LogP contribution in [-0.4, -0.2) is 47.2 Å². The summed E-state index contributed by atoms with van der Waals surface area (Å²) in [6.45, 7) is 4.82. The second-order valence-corrected chi connectivity index (χ2v) is 4.39. The average molecular weight is 243 g/mol. The van der Waals surface area contributed by atoms with Crippen molar-refractivity contribution in [2.45, 2.75) is 45.1 Å². The number of likely N-dealkylation sites (tertiary alicyclic amines) is 1. The van der Waals surface area contributed by atoms with Gasteiger partial charge in [-0.1, -0.05) is 13.8 Å². The summed E-state index contributed by atoms with van der Waals surface area (Å²) < 4.78 is 5.19. The predicted octanol–water partition coefficient (Wildman–Crippen LogP) is 1.27. The molecule has 0 radical (unpaired) electrons. The molecule has 1 aliphatic heterocycles. The fraction of sp³-hybridized carbons (Fsp3) is 0.833.